The second kappa shape index (κ2) is 7.55. The third-order valence-corrected chi connectivity index (χ3v) is 5.91. The minimum Gasteiger partial charge on any atom is -0.377 e. The molecule has 2 aliphatic rings. The summed E-state index contributed by atoms with van der Waals surface area (Å²) in [6.45, 7) is 4.63. The largest absolute Gasteiger partial charge is 0.377 e. The maximum Gasteiger partial charge on any atom is 0.229 e. The van der Waals surface area contributed by atoms with Gasteiger partial charge in [-0.2, -0.15) is 9.97 Å². The lowest BCUT2D eigenvalue weighted by molar-refractivity contribution is 0.0981. The number of pyridine rings is 1. The number of nitrogens with zero attached hydrogens (tertiary/aromatic N) is 5. The summed E-state index contributed by atoms with van der Waals surface area (Å²) in [7, 11) is 0. The van der Waals surface area contributed by atoms with Gasteiger partial charge in [0.25, 0.3) is 0 Å². The maximum absolute atomic E-state index is 13.6. The van der Waals surface area contributed by atoms with Crippen molar-refractivity contribution in [2.75, 3.05) is 36.1 Å². The van der Waals surface area contributed by atoms with Gasteiger partial charge in [0.2, 0.25) is 5.95 Å². The number of rotatable bonds is 4. The fourth-order valence-electron chi connectivity index (χ4n) is 4.25. The average molecular weight is 393 g/mol. The zero-order valence-electron chi connectivity index (χ0n) is 16.5. The van der Waals surface area contributed by atoms with Crippen LogP contribution in [0.2, 0.25) is 0 Å². The zero-order chi connectivity index (χ0) is 19.8. The molecule has 0 N–H and O–H groups in total. The van der Waals surface area contributed by atoms with Gasteiger partial charge in [0, 0.05) is 19.3 Å². The lowest BCUT2D eigenvalue weighted by atomic mass is 9.91. The van der Waals surface area contributed by atoms with Crippen molar-refractivity contribution in [1.29, 1.82) is 0 Å². The molecular weight excluding hydrogens is 369 g/mol. The molecule has 4 heterocycles. The van der Waals surface area contributed by atoms with Crippen LogP contribution in [0.3, 0.4) is 0 Å². The number of halogens is 1. The fourth-order valence-corrected chi connectivity index (χ4v) is 4.25. The van der Waals surface area contributed by atoms with E-state index in [1.54, 1.807) is 6.20 Å². The standard InChI is InChI=1S/C22H24FN5O/c1-15-14-29-12-11-27(15)22-25-20-18(7-4-9-24-20)21(26-22)28-10-8-19(28)17-6-3-2-5-16(17)13-23/h2-7,9,15,19H,8,10-14H2,1H3/t15-,19?/m1/s1. The number of anilines is 2. The SMILES string of the molecule is C[C@@H]1COCCN1c1nc(N2CCC2c2ccccc2CF)c2cccnc2n1. The number of hydrogen-bond acceptors (Lipinski definition) is 6. The highest BCUT2D eigenvalue weighted by atomic mass is 19.1. The van der Waals surface area contributed by atoms with Gasteiger partial charge in [0.1, 0.15) is 12.5 Å². The number of benzene rings is 1. The van der Waals surface area contributed by atoms with Crippen LogP contribution >= 0.6 is 0 Å². The van der Waals surface area contributed by atoms with Gasteiger partial charge in [0.15, 0.2) is 5.65 Å². The Morgan fingerprint density at radius 3 is 2.79 bits per heavy atom. The smallest absolute Gasteiger partial charge is 0.229 e. The third-order valence-electron chi connectivity index (χ3n) is 5.91. The first kappa shape index (κ1) is 18.2. The Balaban J connectivity index is 1.58. The lowest BCUT2D eigenvalue weighted by Gasteiger charge is -2.43. The summed E-state index contributed by atoms with van der Waals surface area (Å²) in [6.07, 6.45) is 2.74. The van der Waals surface area contributed by atoms with Crippen molar-refractivity contribution in [2.24, 2.45) is 0 Å². The van der Waals surface area contributed by atoms with Crippen molar-refractivity contribution in [3.63, 3.8) is 0 Å². The van der Waals surface area contributed by atoms with E-state index >= 15 is 0 Å². The van der Waals surface area contributed by atoms with Gasteiger partial charge in [0.05, 0.1) is 30.7 Å². The van der Waals surface area contributed by atoms with Crippen LogP contribution < -0.4 is 9.80 Å². The number of ether oxygens (including phenoxy) is 1. The lowest BCUT2D eigenvalue weighted by Crippen LogP contribution is -2.45. The van der Waals surface area contributed by atoms with Crippen molar-refractivity contribution in [3.05, 3.63) is 53.7 Å². The van der Waals surface area contributed by atoms with Crippen LogP contribution in [0.1, 0.15) is 30.5 Å². The van der Waals surface area contributed by atoms with Crippen LogP contribution in [0, 0.1) is 0 Å². The van der Waals surface area contributed by atoms with Crippen LogP contribution in [-0.4, -0.2) is 47.3 Å². The highest BCUT2D eigenvalue weighted by molar-refractivity contribution is 5.88. The summed E-state index contributed by atoms with van der Waals surface area (Å²) in [5.41, 5.74) is 2.48. The Hall–Kier alpha value is -2.80. The summed E-state index contributed by atoms with van der Waals surface area (Å²) >= 11 is 0. The van der Waals surface area contributed by atoms with Gasteiger partial charge >= 0.3 is 0 Å². The molecule has 2 aliphatic heterocycles. The maximum atomic E-state index is 13.6. The Labute approximate surface area is 169 Å². The molecular formula is C22H24FN5O. The van der Waals surface area contributed by atoms with Crippen molar-refractivity contribution in [2.45, 2.75) is 32.1 Å². The Bertz CT molecular complexity index is 1030. The third kappa shape index (κ3) is 3.19. The highest BCUT2D eigenvalue weighted by Crippen LogP contribution is 2.41. The van der Waals surface area contributed by atoms with Crippen LogP contribution in [0.5, 0.6) is 0 Å². The minimum atomic E-state index is -0.455. The number of hydrogen-bond donors (Lipinski definition) is 0. The molecule has 0 aliphatic carbocycles. The van der Waals surface area contributed by atoms with E-state index in [2.05, 4.69) is 21.7 Å². The van der Waals surface area contributed by atoms with Crippen molar-refractivity contribution >= 4 is 22.8 Å². The van der Waals surface area contributed by atoms with Gasteiger partial charge in [-0.1, -0.05) is 24.3 Å². The van der Waals surface area contributed by atoms with Crippen molar-refractivity contribution < 1.29 is 9.13 Å². The molecule has 0 spiro atoms. The highest BCUT2D eigenvalue weighted by Gasteiger charge is 2.34. The number of aromatic nitrogens is 3. The summed E-state index contributed by atoms with van der Waals surface area (Å²) in [5.74, 6) is 1.56. The normalized spacial score (nSPS) is 22.0. The topological polar surface area (TPSA) is 54.4 Å². The monoisotopic (exact) mass is 393 g/mol. The molecule has 3 aromatic rings. The van der Waals surface area contributed by atoms with E-state index in [9.17, 15) is 4.39 Å². The molecule has 1 unspecified atom stereocenters. The Morgan fingerprint density at radius 2 is 2.00 bits per heavy atom. The molecule has 5 rings (SSSR count). The fraction of sp³-hybridized carbons (Fsp3) is 0.409. The molecule has 6 nitrogen and oxygen atoms in total. The number of alkyl halides is 1. The van der Waals surface area contributed by atoms with E-state index in [4.69, 9.17) is 14.7 Å². The molecule has 29 heavy (non-hydrogen) atoms. The second-order valence-electron chi connectivity index (χ2n) is 7.67. The molecule has 0 saturated carbocycles. The van der Waals surface area contributed by atoms with E-state index in [-0.39, 0.29) is 12.1 Å². The molecule has 0 bridgehead atoms. The van der Waals surface area contributed by atoms with E-state index < -0.39 is 6.67 Å². The molecule has 2 saturated heterocycles. The predicted octanol–water partition coefficient (Wildman–Crippen LogP) is 3.67. The zero-order valence-corrected chi connectivity index (χ0v) is 16.5. The molecule has 0 amide bonds. The minimum absolute atomic E-state index is 0.121. The Morgan fingerprint density at radius 1 is 1.10 bits per heavy atom. The van der Waals surface area contributed by atoms with Gasteiger partial charge in [-0.15, -0.1) is 0 Å². The molecule has 2 atom stereocenters. The summed E-state index contributed by atoms with van der Waals surface area (Å²) in [5, 5.41) is 0.930. The molecule has 7 heteroatoms. The van der Waals surface area contributed by atoms with Gasteiger partial charge in [-0.05, 0) is 36.6 Å². The van der Waals surface area contributed by atoms with Crippen LogP contribution in [0.15, 0.2) is 42.6 Å². The predicted molar refractivity (Wildman–Crippen MR) is 111 cm³/mol. The Kier molecular flexibility index (Phi) is 4.75. The van der Waals surface area contributed by atoms with Gasteiger partial charge < -0.3 is 14.5 Å². The van der Waals surface area contributed by atoms with E-state index in [0.29, 0.717) is 24.8 Å². The van der Waals surface area contributed by atoms with Crippen LogP contribution in [0.4, 0.5) is 16.2 Å². The summed E-state index contributed by atoms with van der Waals surface area (Å²) in [4.78, 5) is 18.7. The first-order chi connectivity index (χ1) is 14.3. The van der Waals surface area contributed by atoms with Crippen molar-refractivity contribution in [1.82, 2.24) is 15.0 Å². The molecule has 150 valence electrons. The molecule has 2 fully saturated rings. The average Bonchev–Trinajstić information content (AvgIpc) is 2.73. The molecule has 0 radical (unpaired) electrons. The number of morpholine rings is 1. The van der Waals surface area contributed by atoms with E-state index in [1.165, 1.54) is 0 Å². The van der Waals surface area contributed by atoms with E-state index in [1.807, 2.05) is 36.4 Å². The van der Waals surface area contributed by atoms with E-state index in [0.717, 1.165) is 41.8 Å². The quantitative estimate of drug-likeness (QED) is 0.674. The summed E-state index contributed by atoms with van der Waals surface area (Å²) < 4.78 is 19.1. The summed E-state index contributed by atoms with van der Waals surface area (Å²) in [6, 6.07) is 12.0. The first-order valence-corrected chi connectivity index (χ1v) is 10.1. The first-order valence-electron chi connectivity index (χ1n) is 10.1. The molecule has 2 aromatic heterocycles. The van der Waals surface area contributed by atoms with Crippen molar-refractivity contribution in [3.8, 4) is 0 Å². The van der Waals surface area contributed by atoms with Gasteiger partial charge in [-0.3, -0.25) is 0 Å². The second-order valence-corrected chi connectivity index (χ2v) is 7.67. The molecule has 1 aromatic carbocycles. The number of fused-ring (bicyclic) bond motifs is 1. The van der Waals surface area contributed by atoms with Crippen LogP contribution in [0.25, 0.3) is 11.0 Å². The van der Waals surface area contributed by atoms with Gasteiger partial charge in [-0.25, -0.2) is 9.37 Å². The van der Waals surface area contributed by atoms with Crippen LogP contribution in [-0.2, 0) is 11.4 Å².